The van der Waals surface area contributed by atoms with Crippen LogP contribution in [0.3, 0.4) is 0 Å². The van der Waals surface area contributed by atoms with E-state index in [9.17, 15) is 0 Å². The van der Waals surface area contributed by atoms with E-state index in [2.05, 4.69) is 52.5 Å². The Bertz CT molecular complexity index is 544. The Morgan fingerprint density at radius 1 is 1.06 bits per heavy atom. The maximum absolute atomic E-state index is 4.39. The molecule has 0 amide bonds. The van der Waals surface area contributed by atoms with Gasteiger partial charge in [-0.25, -0.2) is 4.98 Å². The van der Waals surface area contributed by atoms with Gasteiger partial charge in [0.25, 0.3) is 0 Å². The van der Waals surface area contributed by atoms with Gasteiger partial charge in [0.15, 0.2) is 0 Å². The number of hydrogen-bond acceptors (Lipinski definition) is 3. The first-order valence-electron chi connectivity index (χ1n) is 5.87. The van der Waals surface area contributed by atoms with Gasteiger partial charge in [-0.2, -0.15) is 0 Å². The van der Waals surface area contributed by atoms with Crippen molar-refractivity contribution in [2.24, 2.45) is 0 Å². The number of hydrogen-bond donors (Lipinski definition) is 2. The quantitative estimate of drug-likeness (QED) is 0.857. The lowest BCUT2D eigenvalue weighted by atomic mass is 10.1. The lowest BCUT2D eigenvalue weighted by Crippen LogP contribution is -1.95. The van der Waals surface area contributed by atoms with Gasteiger partial charge >= 0.3 is 0 Å². The molecule has 0 bridgehead atoms. The molecule has 0 unspecified atom stereocenters. The summed E-state index contributed by atoms with van der Waals surface area (Å²) in [5, 5.41) is 6.16. The second-order valence-electron chi connectivity index (χ2n) is 3.94. The van der Waals surface area contributed by atoms with Crippen LogP contribution in [0.15, 0.2) is 43.1 Å². The van der Waals surface area contributed by atoms with Gasteiger partial charge in [0, 0.05) is 37.1 Å². The van der Waals surface area contributed by atoms with Crippen LogP contribution in [0.5, 0.6) is 0 Å². The Morgan fingerprint density at radius 2 is 1.78 bits per heavy atom. The predicted octanol–water partition coefficient (Wildman–Crippen LogP) is 3.48. The van der Waals surface area contributed by atoms with Gasteiger partial charge in [-0.15, -0.1) is 0 Å². The molecule has 1 aromatic carbocycles. The minimum absolute atomic E-state index is 0.848. The van der Waals surface area contributed by atoms with Crippen LogP contribution >= 0.6 is 0 Å². The molecule has 0 saturated heterocycles. The van der Waals surface area contributed by atoms with E-state index < -0.39 is 0 Å². The van der Waals surface area contributed by atoms with Crippen LogP contribution in [-0.4, -0.2) is 19.1 Å². The van der Waals surface area contributed by atoms with Crippen molar-refractivity contribution in [2.75, 3.05) is 24.7 Å². The maximum Gasteiger partial charge on any atom is 0.132 e. The summed E-state index contributed by atoms with van der Waals surface area (Å²) in [6, 6.07) is 10.3. The molecule has 2 rings (SSSR count). The molecule has 0 spiro atoms. The molecule has 0 atom stereocenters. The Kier molecular flexibility index (Phi) is 3.63. The standard InChI is InChI=1S/C15H17N3/c1-4-11-9-13(10-18-15(11)17-3)12-5-7-14(16-2)8-6-12/h4-10,16H,1H2,2-3H3,(H,17,18). The summed E-state index contributed by atoms with van der Waals surface area (Å²) in [5.41, 5.74) is 4.34. The zero-order chi connectivity index (χ0) is 13.0. The predicted molar refractivity (Wildman–Crippen MR) is 78.9 cm³/mol. The van der Waals surface area contributed by atoms with E-state index in [1.807, 2.05) is 26.4 Å². The topological polar surface area (TPSA) is 37.0 Å². The van der Waals surface area contributed by atoms with Gasteiger partial charge in [0.1, 0.15) is 5.82 Å². The lowest BCUT2D eigenvalue weighted by Gasteiger charge is -2.08. The van der Waals surface area contributed by atoms with Crippen LogP contribution in [-0.2, 0) is 0 Å². The van der Waals surface area contributed by atoms with E-state index in [1.165, 1.54) is 0 Å². The van der Waals surface area contributed by atoms with Crippen molar-refractivity contribution in [3.8, 4) is 11.1 Å². The fourth-order valence-corrected chi connectivity index (χ4v) is 1.83. The molecular weight excluding hydrogens is 222 g/mol. The molecular formula is C15H17N3. The normalized spacial score (nSPS) is 9.89. The van der Waals surface area contributed by atoms with Gasteiger partial charge in [-0.3, -0.25) is 0 Å². The van der Waals surface area contributed by atoms with E-state index in [4.69, 9.17) is 0 Å². The molecule has 0 saturated carbocycles. The first-order chi connectivity index (χ1) is 8.78. The van der Waals surface area contributed by atoms with Gasteiger partial charge in [-0.05, 0) is 23.8 Å². The molecule has 2 aromatic rings. The molecule has 0 radical (unpaired) electrons. The molecule has 0 fully saturated rings. The van der Waals surface area contributed by atoms with E-state index in [1.54, 1.807) is 0 Å². The SMILES string of the molecule is C=Cc1cc(-c2ccc(NC)cc2)cnc1NC. The third-order valence-corrected chi connectivity index (χ3v) is 2.88. The van der Waals surface area contributed by atoms with Gasteiger partial charge < -0.3 is 10.6 Å². The largest absolute Gasteiger partial charge is 0.388 e. The first-order valence-corrected chi connectivity index (χ1v) is 5.87. The zero-order valence-corrected chi connectivity index (χ0v) is 10.7. The summed E-state index contributed by atoms with van der Waals surface area (Å²) in [5.74, 6) is 0.848. The van der Waals surface area contributed by atoms with Crippen molar-refractivity contribution in [2.45, 2.75) is 0 Å². The van der Waals surface area contributed by atoms with E-state index in [0.29, 0.717) is 0 Å². The average Bonchev–Trinajstić information content (AvgIpc) is 2.46. The number of anilines is 2. The number of rotatable bonds is 4. The van der Waals surface area contributed by atoms with E-state index in [0.717, 1.165) is 28.2 Å². The van der Waals surface area contributed by atoms with Crippen LogP contribution in [0, 0.1) is 0 Å². The highest BCUT2D eigenvalue weighted by molar-refractivity contribution is 5.72. The smallest absolute Gasteiger partial charge is 0.132 e. The van der Waals surface area contributed by atoms with Crippen molar-refractivity contribution >= 4 is 17.6 Å². The summed E-state index contributed by atoms with van der Waals surface area (Å²) in [6.07, 6.45) is 3.68. The summed E-state index contributed by atoms with van der Waals surface area (Å²) in [7, 11) is 3.77. The van der Waals surface area contributed by atoms with Crippen LogP contribution in [0.2, 0.25) is 0 Å². The monoisotopic (exact) mass is 239 g/mol. The van der Waals surface area contributed by atoms with Crippen molar-refractivity contribution in [1.29, 1.82) is 0 Å². The molecule has 2 N–H and O–H groups in total. The van der Waals surface area contributed by atoms with Crippen LogP contribution in [0.25, 0.3) is 17.2 Å². The van der Waals surface area contributed by atoms with Crippen LogP contribution in [0.1, 0.15) is 5.56 Å². The maximum atomic E-state index is 4.39. The van der Waals surface area contributed by atoms with Crippen LogP contribution in [0.4, 0.5) is 11.5 Å². The second-order valence-corrected chi connectivity index (χ2v) is 3.94. The van der Waals surface area contributed by atoms with Gasteiger partial charge in [0.05, 0.1) is 0 Å². The summed E-state index contributed by atoms with van der Waals surface area (Å²) in [4.78, 5) is 4.39. The van der Waals surface area contributed by atoms with E-state index >= 15 is 0 Å². The Labute approximate surface area is 108 Å². The highest BCUT2D eigenvalue weighted by Gasteiger charge is 2.03. The molecule has 0 aliphatic carbocycles. The fraction of sp³-hybridized carbons (Fsp3) is 0.133. The second kappa shape index (κ2) is 5.36. The number of pyridine rings is 1. The van der Waals surface area contributed by atoms with Crippen LogP contribution < -0.4 is 10.6 Å². The zero-order valence-electron chi connectivity index (χ0n) is 10.7. The molecule has 0 aliphatic rings. The third kappa shape index (κ3) is 2.35. The van der Waals surface area contributed by atoms with Crippen molar-refractivity contribution in [3.05, 3.63) is 48.7 Å². The van der Waals surface area contributed by atoms with Gasteiger partial charge in [0.2, 0.25) is 0 Å². The summed E-state index contributed by atoms with van der Waals surface area (Å²) < 4.78 is 0. The Morgan fingerprint density at radius 3 is 2.33 bits per heavy atom. The van der Waals surface area contributed by atoms with E-state index in [-0.39, 0.29) is 0 Å². The summed E-state index contributed by atoms with van der Waals surface area (Å²) in [6.45, 7) is 3.81. The molecule has 1 heterocycles. The summed E-state index contributed by atoms with van der Waals surface area (Å²) >= 11 is 0. The number of nitrogens with zero attached hydrogens (tertiary/aromatic N) is 1. The fourth-order valence-electron chi connectivity index (χ4n) is 1.83. The lowest BCUT2D eigenvalue weighted by molar-refractivity contribution is 1.28. The van der Waals surface area contributed by atoms with Crippen molar-refractivity contribution in [1.82, 2.24) is 4.98 Å². The first kappa shape index (κ1) is 12.2. The Hall–Kier alpha value is -2.29. The van der Waals surface area contributed by atoms with Crippen molar-refractivity contribution in [3.63, 3.8) is 0 Å². The molecule has 3 heteroatoms. The minimum atomic E-state index is 0.848. The number of aromatic nitrogens is 1. The molecule has 3 nitrogen and oxygen atoms in total. The highest BCUT2D eigenvalue weighted by Crippen LogP contribution is 2.24. The molecule has 18 heavy (non-hydrogen) atoms. The number of benzene rings is 1. The third-order valence-electron chi connectivity index (χ3n) is 2.88. The minimum Gasteiger partial charge on any atom is -0.388 e. The average molecular weight is 239 g/mol. The molecule has 0 aliphatic heterocycles. The molecule has 92 valence electrons. The van der Waals surface area contributed by atoms with Crippen molar-refractivity contribution < 1.29 is 0 Å². The van der Waals surface area contributed by atoms with Gasteiger partial charge in [-0.1, -0.05) is 24.8 Å². The molecule has 1 aromatic heterocycles. The Balaban J connectivity index is 2.40. The number of nitrogens with one attached hydrogen (secondary N) is 2. The highest BCUT2D eigenvalue weighted by atomic mass is 15.0.